The molecule has 0 unspecified atom stereocenters. The van der Waals surface area contributed by atoms with E-state index in [1.54, 1.807) is 0 Å². The molecule has 134 valence electrons. The van der Waals surface area contributed by atoms with Crippen LogP contribution in [0, 0.1) is 0 Å². The van der Waals surface area contributed by atoms with Gasteiger partial charge in [0.15, 0.2) is 11.0 Å². The molecule has 3 rings (SSSR count). The first kappa shape index (κ1) is 22.5. The molecule has 0 aliphatic heterocycles. The summed E-state index contributed by atoms with van der Waals surface area (Å²) in [6, 6.07) is 8.44. The molecule has 0 atom stereocenters. The minimum absolute atomic E-state index is 0. The zero-order valence-corrected chi connectivity index (χ0v) is 16.5. The molecular weight excluding hydrogens is 343 g/mol. The van der Waals surface area contributed by atoms with Gasteiger partial charge in [-0.1, -0.05) is 25.5 Å². The molecule has 2 aromatic heterocycles. The fraction of sp³-hybridized carbons (Fsp3) is 0.444. The molecular formula is C18H28Cl2N4. The van der Waals surface area contributed by atoms with Crippen molar-refractivity contribution in [3.05, 3.63) is 49.3 Å². The van der Waals surface area contributed by atoms with E-state index in [1.165, 1.54) is 23.9 Å². The Labute approximate surface area is 157 Å². The van der Waals surface area contributed by atoms with Crippen molar-refractivity contribution >= 4 is 11.0 Å². The molecule has 1 aromatic carbocycles. The highest BCUT2D eigenvalue weighted by atomic mass is 35.5. The predicted octanol–water partition coefficient (Wildman–Crippen LogP) is -3.39. The van der Waals surface area contributed by atoms with Crippen LogP contribution < -0.4 is 33.9 Å². The SMILES string of the molecule is CCCCn1cc[n+](C)c1.CCn1c[n+](C)c2ccccc21.[Cl-].[Cl-]. The van der Waals surface area contributed by atoms with Gasteiger partial charge in [0.25, 0.3) is 0 Å². The zero-order chi connectivity index (χ0) is 15.9. The predicted molar refractivity (Wildman–Crippen MR) is 89.3 cm³/mol. The number of halogens is 2. The van der Waals surface area contributed by atoms with E-state index in [4.69, 9.17) is 0 Å². The van der Waals surface area contributed by atoms with E-state index in [0.717, 1.165) is 13.1 Å². The van der Waals surface area contributed by atoms with Gasteiger partial charge in [-0.05, 0) is 25.5 Å². The normalized spacial score (nSPS) is 9.67. The van der Waals surface area contributed by atoms with Crippen molar-refractivity contribution in [1.29, 1.82) is 0 Å². The average molecular weight is 371 g/mol. The lowest BCUT2D eigenvalue weighted by atomic mass is 10.3. The van der Waals surface area contributed by atoms with Crippen LogP contribution in [0.5, 0.6) is 0 Å². The number of para-hydroxylation sites is 2. The minimum atomic E-state index is 0. The Hall–Kier alpha value is -1.52. The number of hydrogen-bond donors (Lipinski definition) is 0. The number of nitrogens with zero attached hydrogens (tertiary/aromatic N) is 4. The van der Waals surface area contributed by atoms with E-state index in [0.29, 0.717) is 0 Å². The topological polar surface area (TPSA) is 17.6 Å². The van der Waals surface area contributed by atoms with Crippen molar-refractivity contribution in [3.8, 4) is 0 Å². The maximum Gasteiger partial charge on any atom is 0.244 e. The van der Waals surface area contributed by atoms with E-state index in [2.05, 4.69) is 88.5 Å². The molecule has 0 spiro atoms. The summed E-state index contributed by atoms with van der Waals surface area (Å²) in [5.74, 6) is 0. The number of unbranched alkanes of at least 4 members (excludes halogenated alkanes) is 1. The van der Waals surface area contributed by atoms with Crippen LogP contribution in [-0.4, -0.2) is 9.13 Å². The Morgan fingerprint density at radius 2 is 1.71 bits per heavy atom. The van der Waals surface area contributed by atoms with Crippen molar-refractivity contribution in [3.63, 3.8) is 0 Å². The molecule has 0 fully saturated rings. The molecule has 4 nitrogen and oxygen atoms in total. The highest BCUT2D eigenvalue weighted by Crippen LogP contribution is 2.09. The number of hydrogen-bond acceptors (Lipinski definition) is 0. The average Bonchev–Trinajstić information content (AvgIpc) is 3.10. The van der Waals surface area contributed by atoms with Crippen LogP contribution in [0.1, 0.15) is 26.7 Å². The summed E-state index contributed by atoms with van der Waals surface area (Å²) < 4.78 is 8.67. The lowest BCUT2D eigenvalue weighted by molar-refractivity contribution is -0.671. The first-order chi connectivity index (χ1) is 10.7. The van der Waals surface area contributed by atoms with Crippen LogP contribution in [0.4, 0.5) is 0 Å². The van der Waals surface area contributed by atoms with Crippen molar-refractivity contribution in [2.45, 2.75) is 39.8 Å². The third-order valence-electron chi connectivity index (χ3n) is 3.82. The second-order valence-corrected chi connectivity index (χ2v) is 5.67. The van der Waals surface area contributed by atoms with Gasteiger partial charge in [0.1, 0.15) is 12.4 Å². The van der Waals surface area contributed by atoms with Crippen molar-refractivity contribution in [2.24, 2.45) is 14.1 Å². The number of aromatic nitrogens is 4. The molecule has 0 radical (unpaired) electrons. The maximum absolute atomic E-state index is 2.25. The summed E-state index contributed by atoms with van der Waals surface area (Å²) in [5.41, 5.74) is 2.60. The first-order valence-corrected chi connectivity index (χ1v) is 8.10. The summed E-state index contributed by atoms with van der Waals surface area (Å²) in [6.07, 6.45) is 10.9. The van der Waals surface area contributed by atoms with Gasteiger partial charge in [-0.25, -0.2) is 18.3 Å². The fourth-order valence-corrected chi connectivity index (χ4v) is 2.57. The lowest BCUT2D eigenvalue weighted by Gasteiger charge is -1.90. The molecule has 0 aliphatic carbocycles. The van der Waals surface area contributed by atoms with Crippen LogP contribution >= 0.6 is 0 Å². The standard InChI is InChI=1S/C10H13N2.C8H15N2.2ClH/c1-3-12-8-11(2)9-6-4-5-7-10(9)12;1-3-4-5-10-7-6-9(2)8-10;;/h4-8H,3H2,1-2H3;6-8H,3-5H2,1-2H3;2*1H/q2*+1;;/p-2. The molecule has 0 N–H and O–H groups in total. The smallest absolute Gasteiger partial charge is 0.244 e. The van der Waals surface area contributed by atoms with E-state index in [-0.39, 0.29) is 24.8 Å². The summed E-state index contributed by atoms with van der Waals surface area (Å²) >= 11 is 0. The third-order valence-corrected chi connectivity index (χ3v) is 3.82. The van der Waals surface area contributed by atoms with Crippen LogP contribution in [0.2, 0.25) is 0 Å². The maximum atomic E-state index is 2.25. The third kappa shape index (κ3) is 5.84. The van der Waals surface area contributed by atoms with Crippen LogP contribution in [0.3, 0.4) is 0 Å². The number of benzene rings is 1. The van der Waals surface area contributed by atoms with E-state index in [9.17, 15) is 0 Å². The second kappa shape index (κ2) is 11.1. The Morgan fingerprint density at radius 1 is 1.00 bits per heavy atom. The van der Waals surface area contributed by atoms with Crippen molar-refractivity contribution in [2.75, 3.05) is 0 Å². The second-order valence-electron chi connectivity index (χ2n) is 5.67. The number of rotatable bonds is 4. The van der Waals surface area contributed by atoms with Gasteiger partial charge in [0.05, 0.1) is 27.2 Å². The molecule has 0 bridgehead atoms. The molecule has 2 heterocycles. The van der Waals surface area contributed by atoms with E-state index >= 15 is 0 Å². The molecule has 24 heavy (non-hydrogen) atoms. The van der Waals surface area contributed by atoms with E-state index < -0.39 is 0 Å². The number of fused-ring (bicyclic) bond motifs is 1. The summed E-state index contributed by atoms with van der Waals surface area (Å²) in [6.45, 7) is 6.55. The zero-order valence-electron chi connectivity index (χ0n) is 15.0. The van der Waals surface area contributed by atoms with Crippen LogP contribution in [-0.2, 0) is 27.2 Å². The van der Waals surface area contributed by atoms with E-state index in [1.807, 2.05) is 7.05 Å². The Kier molecular flexibility index (Phi) is 10.4. The molecule has 0 aliphatic rings. The Morgan fingerprint density at radius 3 is 2.29 bits per heavy atom. The van der Waals surface area contributed by atoms with Gasteiger partial charge < -0.3 is 24.8 Å². The number of aryl methyl sites for hydroxylation is 4. The fourth-order valence-electron chi connectivity index (χ4n) is 2.57. The highest BCUT2D eigenvalue weighted by Gasteiger charge is 2.09. The molecule has 0 amide bonds. The molecule has 3 aromatic rings. The quantitative estimate of drug-likeness (QED) is 0.426. The molecule has 0 saturated carbocycles. The summed E-state index contributed by atoms with van der Waals surface area (Å²) in [4.78, 5) is 0. The molecule has 0 saturated heterocycles. The Balaban J connectivity index is 0.000000413. The summed E-state index contributed by atoms with van der Waals surface area (Å²) in [7, 11) is 4.12. The van der Waals surface area contributed by atoms with Crippen LogP contribution in [0.15, 0.2) is 49.3 Å². The van der Waals surface area contributed by atoms with Gasteiger partial charge in [-0.2, -0.15) is 0 Å². The van der Waals surface area contributed by atoms with Crippen LogP contribution in [0.25, 0.3) is 11.0 Å². The number of imidazole rings is 2. The van der Waals surface area contributed by atoms with Gasteiger partial charge >= 0.3 is 0 Å². The van der Waals surface area contributed by atoms with Gasteiger partial charge in [-0.15, -0.1) is 0 Å². The first-order valence-electron chi connectivity index (χ1n) is 8.10. The highest BCUT2D eigenvalue weighted by molar-refractivity contribution is 5.71. The monoisotopic (exact) mass is 370 g/mol. The van der Waals surface area contributed by atoms with Crippen molar-refractivity contribution < 1.29 is 33.9 Å². The van der Waals surface area contributed by atoms with Gasteiger partial charge in [0, 0.05) is 0 Å². The van der Waals surface area contributed by atoms with Gasteiger partial charge in [-0.3, -0.25) is 0 Å². The largest absolute Gasteiger partial charge is 1.00 e. The Bertz CT molecular complexity index is 719. The van der Waals surface area contributed by atoms with Crippen molar-refractivity contribution in [1.82, 2.24) is 9.13 Å². The molecule has 6 heteroatoms. The lowest BCUT2D eigenvalue weighted by Crippen LogP contribution is -3.00. The van der Waals surface area contributed by atoms with Gasteiger partial charge in [0.2, 0.25) is 12.7 Å². The summed E-state index contributed by atoms with van der Waals surface area (Å²) in [5, 5.41) is 0. The minimum Gasteiger partial charge on any atom is -1.00 e.